The lowest BCUT2D eigenvalue weighted by Crippen LogP contribution is -2.40. The van der Waals surface area contributed by atoms with Crippen molar-refractivity contribution in [3.63, 3.8) is 0 Å². The molecule has 0 saturated heterocycles. The Labute approximate surface area is 164 Å². The first kappa shape index (κ1) is 20.0. The van der Waals surface area contributed by atoms with Crippen LogP contribution < -0.4 is 4.90 Å². The van der Waals surface area contributed by atoms with E-state index >= 15 is 0 Å². The van der Waals surface area contributed by atoms with Crippen molar-refractivity contribution in [1.82, 2.24) is 4.90 Å². The molecular weight excluding hydrogens is 388 g/mol. The number of hydrogen-bond acceptors (Lipinski definition) is 9. The molecule has 29 heavy (non-hydrogen) atoms. The van der Waals surface area contributed by atoms with Gasteiger partial charge < -0.3 is 24.2 Å². The van der Waals surface area contributed by atoms with Gasteiger partial charge >= 0.3 is 17.9 Å². The Kier molecular flexibility index (Phi) is 5.33. The van der Waals surface area contributed by atoms with Gasteiger partial charge in [-0.15, -0.1) is 0 Å². The third-order valence-corrected chi connectivity index (χ3v) is 4.39. The van der Waals surface area contributed by atoms with Crippen LogP contribution in [-0.4, -0.2) is 73.8 Å². The lowest BCUT2D eigenvalue weighted by molar-refractivity contribution is -0.140. The van der Waals surface area contributed by atoms with Gasteiger partial charge in [0.1, 0.15) is 19.0 Å². The molecular formula is C18H16N2O9. The van der Waals surface area contributed by atoms with Gasteiger partial charge in [0, 0.05) is 0 Å². The molecule has 152 valence electrons. The number of esters is 2. The quantitative estimate of drug-likeness (QED) is 0.516. The number of fused-ring (bicyclic) bond motifs is 1. The van der Waals surface area contributed by atoms with Crippen LogP contribution in [0.4, 0.5) is 5.69 Å². The highest BCUT2D eigenvalue weighted by atomic mass is 16.5. The van der Waals surface area contributed by atoms with E-state index in [9.17, 15) is 24.0 Å². The molecule has 0 bridgehead atoms. The van der Waals surface area contributed by atoms with Crippen molar-refractivity contribution in [2.75, 3.05) is 39.0 Å². The molecule has 2 heterocycles. The SMILES string of the molecule is COC(=O)C1=C(C(=O)OC)N(c2cccc3c2C(=O)N(CC(=O)O)C3=O)COC1. The van der Waals surface area contributed by atoms with Crippen LogP contribution in [0.25, 0.3) is 0 Å². The highest BCUT2D eigenvalue weighted by molar-refractivity contribution is 6.25. The van der Waals surface area contributed by atoms with Crippen LogP contribution in [0.3, 0.4) is 0 Å². The first-order chi connectivity index (χ1) is 13.8. The van der Waals surface area contributed by atoms with E-state index in [4.69, 9.17) is 14.6 Å². The van der Waals surface area contributed by atoms with E-state index in [2.05, 4.69) is 4.74 Å². The monoisotopic (exact) mass is 404 g/mol. The fourth-order valence-electron chi connectivity index (χ4n) is 3.15. The van der Waals surface area contributed by atoms with E-state index in [1.165, 1.54) is 23.1 Å². The van der Waals surface area contributed by atoms with Gasteiger partial charge in [0.15, 0.2) is 0 Å². The summed E-state index contributed by atoms with van der Waals surface area (Å²) >= 11 is 0. The summed E-state index contributed by atoms with van der Waals surface area (Å²) in [4.78, 5) is 62.6. The molecule has 0 radical (unpaired) electrons. The number of rotatable bonds is 5. The summed E-state index contributed by atoms with van der Waals surface area (Å²) < 4.78 is 14.8. The van der Waals surface area contributed by atoms with Gasteiger partial charge in [-0.1, -0.05) is 6.07 Å². The summed E-state index contributed by atoms with van der Waals surface area (Å²) in [7, 11) is 2.26. The second-order valence-electron chi connectivity index (χ2n) is 6.01. The maximum absolute atomic E-state index is 12.8. The molecule has 1 aromatic rings. The van der Waals surface area contributed by atoms with Crippen LogP contribution in [0.2, 0.25) is 0 Å². The van der Waals surface area contributed by atoms with Crippen LogP contribution >= 0.6 is 0 Å². The standard InChI is InChI=1S/C18H16N2O9/c1-27-17(25)10-7-29-8-20(14(10)18(26)28-2)11-5-3-4-9-13(11)16(24)19(15(9)23)6-12(21)22/h3-5H,6-8H2,1-2H3,(H,21,22). The summed E-state index contributed by atoms with van der Waals surface area (Å²) in [6.07, 6.45) is 0. The highest BCUT2D eigenvalue weighted by Gasteiger charge is 2.41. The molecule has 0 saturated carbocycles. The smallest absolute Gasteiger partial charge is 0.355 e. The molecule has 11 heteroatoms. The Morgan fingerprint density at radius 2 is 1.79 bits per heavy atom. The molecule has 0 spiro atoms. The minimum Gasteiger partial charge on any atom is -0.480 e. The number of carboxylic acids is 1. The molecule has 2 aliphatic heterocycles. The fraction of sp³-hybridized carbons (Fsp3) is 0.278. The number of carboxylic acid groups (broad SMARTS) is 1. The second kappa shape index (κ2) is 7.72. The van der Waals surface area contributed by atoms with Crippen LogP contribution in [0.5, 0.6) is 0 Å². The van der Waals surface area contributed by atoms with Gasteiger partial charge in [0.25, 0.3) is 11.8 Å². The van der Waals surface area contributed by atoms with Gasteiger partial charge in [0.05, 0.1) is 43.2 Å². The van der Waals surface area contributed by atoms with Gasteiger partial charge in [0.2, 0.25) is 0 Å². The highest BCUT2D eigenvalue weighted by Crippen LogP contribution is 2.35. The Hall–Kier alpha value is -3.73. The number of ether oxygens (including phenoxy) is 3. The topological polar surface area (TPSA) is 140 Å². The summed E-state index contributed by atoms with van der Waals surface area (Å²) in [5, 5.41) is 8.98. The largest absolute Gasteiger partial charge is 0.480 e. The van der Waals surface area contributed by atoms with Crippen molar-refractivity contribution in [2.45, 2.75) is 0 Å². The molecule has 1 N–H and O–H groups in total. The fourth-order valence-corrected chi connectivity index (χ4v) is 3.15. The molecule has 0 unspecified atom stereocenters. The number of imide groups is 1. The molecule has 3 rings (SSSR count). The number of benzene rings is 1. The first-order valence-electron chi connectivity index (χ1n) is 8.27. The molecule has 2 amide bonds. The van der Waals surface area contributed by atoms with E-state index in [0.717, 1.165) is 14.2 Å². The number of hydrogen-bond donors (Lipinski definition) is 1. The number of aliphatic carboxylic acids is 1. The molecule has 0 aromatic heterocycles. The number of methoxy groups -OCH3 is 2. The zero-order valence-electron chi connectivity index (χ0n) is 15.5. The minimum absolute atomic E-state index is 0.0249. The summed E-state index contributed by atoms with van der Waals surface area (Å²) in [5.74, 6) is -4.66. The third-order valence-electron chi connectivity index (χ3n) is 4.39. The Morgan fingerprint density at radius 3 is 2.41 bits per heavy atom. The second-order valence-corrected chi connectivity index (χ2v) is 6.01. The van der Waals surface area contributed by atoms with Crippen molar-refractivity contribution in [2.24, 2.45) is 0 Å². The maximum Gasteiger partial charge on any atom is 0.355 e. The van der Waals surface area contributed by atoms with Crippen LogP contribution in [0.1, 0.15) is 20.7 Å². The average Bonchev–Trinajstić information content (AvgIpc) is 2.96. The normalized spacial score (nSPS) is 16.1. The van der Waals surface area contributed by atoms with Crippen LogP contribution in [0, 0.1) is 0 Å². The number of nitrogens with zero attached hydrogens (tertiary/aromatic N) is 2. The van der Waals surface area contributed by atoms with Crippen molar-refractivity contribution >= 4 is 35.4 Å². The predicted octanol–water partition coefficient (Wildman–Crippen LogP) is -0.239. The molecule has 1 aromatic carbocycles. The van der Waals surface area contributed by atoms with Crippen molar-refractivity contribution in [1.29, 1.82) is 0 Å². The average molecular weight is 404 g/mol. The number of carbonyl (C=O) groups is 5. The van der Waals surface area contributed by atoms with E-state index in [-0.39, 0.29) is 41.4 Å². The number of amides is 2. The minimum atomic E-state index is -1.36. The molecule has 2 aliphatic rings. The summed E-state index contributed by atoms with van der Waals surface area (Å²) in [6.45, 7) is -1.25. The Morgan fingerprint density at radius 1 is 1.10 bits per heavy atom. The lowest BCUT2D eigenvalue weighted by Gasteiger charge is -2.32. The number of carbonyl (C=O) groups excluding carboxylic acids is 4. The Bertz CT molecular complexity index is 966. The molecule has 0 atom stereocenters. The first-order valence-corrected chi connectivity index (χ1v) is 8.27. The molecule has 0 fully saturated rings. The van der Waals surface area contributed by atoms with Crippen molar-refractivity contribution in [3.05, 3.63) is 40.6 Å². The van der Waals surface area contributed by atoms with Crippen molar-refractivity contribution in [3.8, 4) is 0 Å². The Balaban J connectivity index is 2.17. The van der Waals surface area contributed by atoms with E-state index in [0.29, 0.717) is 4.90 Å². The van der Waals surface area contributed by atoms with Gasteiger partial charge in [-0.25, -0.2) is 9.59 Å². The van der Waals surface area contributed by atoms with Gasteiger partial charge in [-0.3, -0.25) is 19.3 Å². The summed E-state index contributed by atoms with van der Waals surface area (Å²) in [6, 6.07) is 4.28. The van der Waals surface area contributed by atoms with E-state index in [1.54, 1.807) is 0 Å². The zero-order valence-corrected chi connectivity index (χ0v) is 15.5. The van der Waals surface area contributed by atoms with Crippen LogP contribution in [-0.2, 0) is 28.6 Å². The number of anilines is 1. The zero-order chi connectivity index (χ0) is 21.3. The van der Waals surface area contributed by atoms with E-state index < -0.39 is 36.3 Å². The van der Waals surface area contributed by atoms with Gasteiger partial charge in [-0.2, -0.15) is 0 Å². The third kappa shape index (κ3) is 3.31. The predicted molar refractivity (Wildman–Crippen MR) is 93.8 cm³/mol. The van der Waals surface area contributed by atoms with E-state index in [1.807, 2.05) is 0 Å². The van der Waals surface area contributed by atoms with Gasteiger partial charge in [-0.05, 0) is 12.1 Å². The molecule has 11 nitrogen and oxygen atoms in total. The maximum atomic E-state index is 12.8. The van der Waals surface area contributed by atoms with Crippen molar-refractivity contribution < 1.29 is 43.3 Å². The van der Waals surface area contributed by atoms with Crippen LogP contribution in [0.15, 0.2) is 29.5 Å². The molecule has 0 aliphatic carbocycles. The lowest BCUT2D eigenvalue weighted by atomic mass is 10.0. The summed E-state index contributed by atoms with van der Waals surface area (Å²) in [5.41, 5.74) is -0.355.